The predicted octanol–water partition coefficient (Wildman–Crippen LogP) is 14.4. The molecule has 0 saturated carbocycles. The van der Waals surface area contributed by atoms with Crippen molar-refractivity contribution in [3.63, 3.8) is 0 Å². The lowest BCUT2D eigenvalue weighted by Crippen LogP contribution is -1.90. The zero-order valence-electron chi connectivity index (χ0n) is 27.0. The van der Waals surface area contributed by atoms with Gasteiger partial charge in [-0.25, -0.2) is 0 Å². The fraction of sp³-hybridized carbons (Fsp3) is 0. The molecule has 0 fully saturated rings. The van der Waals surface area contributed by atoms with Crippen LogP contribution < -0.4 is 0 Å². The van der Waals surface area contributed by atoms with E-state index >= 15 is 0 Å². The molecule has 0 saturated heterocycles. The molecule has 9 aromatic carbocycles. The molecule has 0 unspecified atom stereocenters. The summed E-state index contributed by atoms with van der Waals surface area (Å²) in [6.45, 7) is 0. The second kappa shape index (κ2) is 10.6. The number of hydrogen-bond donors (Lipinski definition) is 0. The fourth-order valence-electron chi connectivity index (χ4n) is 8.24. The van der Waals surface area contributed by atoms with Gasteiger partial charge in [-0.3, -0.25) is 0 Å². The molecule has 11 rings (SSSR count). The van der Waals surface area contributed by atoms with Gasteiger partial charge in [0.2, 0.25) is 0 Å². The Kier molecular flexibility index (Phi) is 5.89. The number of rotatable bonds is 3. The second-order valence-corrected chi connectivity index (χ2v) is 14.2. The summed E-state index contributed by atoms with van der Waals surface area (Å²) in [6, 6.07) is 61.8. The summed E-state index contributed by atoms with van der Waals surface area (Å²) in [4.78, 5) is 0. The quantitative estimate of drug-likeness (QED) is 0.173. The summed E-state index contributed by atoms with van der Waals surface area (Å²) in [7, 11) is 0. The van der Waals surface area contributed by atoms with Crippen molar-refractivity contribution in [3.05, 3.63) is 170 Å². The molecule has 0 spiro atoms. The van der Waals surface area contributed by atoms with E-state index in [-0.39, 0.29) is 0 Å². The number of benzene rings is 9. The molecule has 0 atom stereocenters. The molecule has 2 aromatic heterocycles. The summed E-state index contributed by atoms with van der Waals surface area (Å²) in [6.07, 6.45) is 0. The lowest BCUT2D eigenvalue weighted by molar-refractivity contribution is 0.669. The SMILES string of the molecule is c1ccc(-c2c3ccccc3c(-c3ccc4c(c3)oc3cc(-c5cc6c7ccccc7sc6c6ccccc56)ccc34)c3ccccc23)cc1. The van der Waals surface area contributed by atoms with Crippen molar-refractivity contribution >= 4 is 85.8 Å². The highest BCUT2D eigenvalue weighted by atomic mass is 32.1. The Bertz CT molecular complexity index is 3090. The van der Waals surface area contributed by atoms with Crippen molar-refractivity contribution in [2.45, 2.75) is 0 Å². The van der Waals surface area contributed by atoms with Gasteiger partial charge in [0.25, 0.3) is 0 Å². The minimum atomic E-state index is 0.902. The van der Waals surface area contributed by atoms with E-state index in [4.69, 9.17) is 4.42 Å². The van der Waals surface area contributed by atoms with Crippen molar-refractivity contribution in [1.29, 1.82) is 0 Å². The zero-order valence-corrected chi connectivity index (χ0v) is 27.8. The van der Waals surface area contributed by atoms with E-state index in [1.54, 1.807) is 0 Å². The maximum Gasteiger partial charge on any atom is 0.136 e. The molecule has 2 heteroatoms. The Morgan fingerprint density at radius 3 is 1.48 bits per heavy atom. The minimum Gasteiger partial charge on any atom is -0.456 e. The molecule has 0 radical (unpaired) electrons. The van der Waals surface area contributed by atoms with Crippen LogP contribution in [0.25, 0.3) is 108 Å². The molecule has 0 aliphatic rings. The van der Waals surface area contributed by atoms with E-state index in [9.17, 15) is 0 Å². The molecule has 0 aliphatic carbocycles. The van der Waals surface area contributed by atoms with Crippen molar-refractivity contribution in [3.8, 4) is 33.4 Å². The van der Waals surface area contributed by atoms with Gasteiger partial charge in [-0.2, -0.15) is 0 Å². The summed E-state index contributed by atoms with van der Waals surface area (Å²) in [5.41, 5.74) is 9.11. The average Bonchev–Trinajstić information content (AvgIpc) is 3.74. The maximum atomic E-state index is 6.75. The van der Waals surface area contributed by atoms with Gasteiger partial charge in [-0.1, -0.05) is 133 Å². The Hall–Kier alpha value is -6.22. The van der Waals surface area contributed by atoms with Crippen molar-refractivity contribution < 1.29 is 4.42 Å². The van der Waals surface area contributed by atoms with Crippen LogP contribution in [-0.2, 0) is 0 Å². The van der Waals surface area contributed by atoms with E-state index < -0.39 is 0 Å². The number of thiophene rings is 1. The highest BCUT2D eigenvalue weighted by Crippen LogP contribution is 2.46. The van der Waals surface area contributed by atoms with Gasteiger partial charge in [0.15, 0.2) is 0 Å². The first-order valence-corrected chi connectivity index (χ1v) is 17.9. The van der Waals surface area contributed by atoms with Crippen LogP contribution in [0.4, 0.5) is 0 Å². The molecule has 0 aliphatic heterocycles. The van der Waals surface area contributed by atoms with Crippen LogP contribution in [0.2, 0.25) is 0 Å². The Morgan fingerprint density at radius 2 is 0.820 bits per heavy atom. The van der Waals surface area contributed by atoms with Crippen LogP contribution in [0.1, 0.15) is 0 Å². The number of hydrogen-bond acceptors (Lipinski definition) is 2. The molecule has 2 heterocycles. The predicted molar refractivity (Wildman–Crippen MR) is 215 cm³/mol. The van der Waals surface area contributed by atoms with Crippen LogP contribution in [0.5, 0.6) is 0 Å². The lowest BCUT2D eigenvalue weighted by atomic mass is 9.86. The summed E-state index contributed by atoms with van der Waals surface area (Å²) >= 11 is 1.88. The summed E-state index contributed by atoms with van der Waals surface area (Å²) in [5.74, 6) is 0. The van der Waals surface area contributed by atoms with E-state index in [2.05, 4.69) is 170 Å². The monoisotopic (exact) mass is 652 g/mol. The number of fused-ring (bicyclic) bond motifs is 10. The smallest absolute Gasteiger partial charge is 0.136 e. The molecule has 0 bridgehead atoms. The average molecular weight is 653 g/mol. The van der Waals surface area contributed by atoms with E-state index in [1.807, 2.05) is 11.3 Å². The molecule has 50 heavy (non-hydrogen) atoms. The van der Waals surface area contributed by atoms with Crippen LogP contribution in [0.3, 0.4) is 0 Å². The van der Waals surface area contributed by atoms with Crippen LogP contribution in [0, 0.1) is 0 Å². The highest BCUT2D eigenvalue weighted by Gasteiger charge is 2.19. The largest absolute Gasteiger partial charge is 0.456 e. The van der Waals surface area contributed by atoms with Crippen molar-refractivity contribution in [2.24, 2.45) is 0 Å². The van der Waals surface area contributed by atoms with E-state index in [1.165, 1.54) is 80.3 Å². The maximum absolute atomic E-state index is 6.75. The molecule has 11 aromatic rings. The van der Waals surface area contributed by atoms with Crippen LogP contribution in [0.15, 0.2) is 174 Å². The third kappa shape index (κ3) is 4.00. The van der Waals surface area contributed by atoms with Gasteiger partial charge in [-0.05, 0) is 96.7 Å². The van der Waals surface area contributed by atoms with Crippen LogP contribution in [-0.4, -0.2) is 0 Å². The third-order valence-electron chi connectivity index (χ3n) is 10.5. The molecule has 1 nitrogen and oxygen atoms in total. The fourth-order valence-corrected chi connectivity index (χ4v) is 9.46. The van der Waals surface area contributed by atoms with E-state index in [0.29, 0.717) is 0 Å². The normalized spacial score (nSPS) is 12.0. The topological polar surface area (TPSA) is 13.1 Å². The Morgan fingerprint density at radius 1 is 0.320 bits per heavy atom. The lowest BCUT2D eigenvalue weighted by Gasteiger charge is -2.17. The molecule has 0 N–H and O–H groups in total. The van der Waals surface area contributed by atoms with Gasteiger partial charge in [0, 0.05) is 36.3 Å². The summed E-state index contributed by atoms with van der Waals surface area (Å²) < 4.78 is 9.42. The first kappa shape index (κ1) is 27.7. The van der Waals surface area contributed by atoms with Crippen LogP contribution >= 0.6 is 11.3 Å². The molecule has 0 amide bonds. The zero-order chi connectivity index (χ0) is 32.8. The Balaban J connectivity index is 1.12. The molecular weight excluding hydrogens is 625 g/mol. The highest BCUT2D eigenvalue weighted by molar-refractivity contribution is 7.26. The first-order chi connectivity index (χ1) is 24.8. The summed E-state index contributed by atoms with van der Waals surface area (Å²) in [5, 5.41) is 12.4. The van der Waals surface area contributed by atoms with Gasteiger partial charge in [0.1, 0.15) is 11.2 Å². The Labute approximate surface area is 292 Å². The van der Waals surface area contributed by atoms with Crippen molar-refractivity contribution in [1.82, 2.24) is 0 Å². The number of furan rings is 1. The van der Waals surface area contributed by atoms with Crippen molar-refractivity contribution in [2.75, 3.05) is 0 Å². The van der Waals surface area contributed by atoms with Gasteiger partial charge < -0.3 is 4.42 Å². The molecule has 232 valence electrons. The van der Waals surface area contributed by atoms with Gasteiger partial charge in [-0.15, -0.1) is 11.3 Å². The van der Waals surface area contributed by atoms with E-state index in [0.717, 1.165) is 27.5 Å². The second-order valence-electron chi connectivity index (χ2n) is 13.2. The van der Waals surface area contributed by atoms with Gasteiger partial charge >= 0.3 is 0 Å². The minimum absolute atomic E-state index is 0.902. The third-order valence-corrected chi connectivity index (χ3v) is 11.7. The molecular formula is C48H28OS. The first-order valence-electron chi connectivity index (χ1n) is 17.1. The standard InChI is InChI=1S/C48H28OS/c1-2-12-29(13-3-1)46-36-16-5-7-18-38(36)47(39-19-8-6-17-37(39)46)31-23-25-34-33-24-22-30(26-43(33)49-44(34)27-31)41-28-42-35-15-10-11-21-45(35)50-48(42)40-20-9-4-14-32(40)41/h1-28H. The van der Waals surface area contributed by atoms with Gasteiger partial charge in [0.05, 0.1) is 0 Å².